The topological polar surface area (TPSA) is 38.5 Å². The number of morpholine rings is 1. The number of aryl methyl sites for hydroxylation is 1. The van der Waals surface area contributed by atoms with E-state index in [1.807, 2.05) is 12.1 Å². The minimum atomic E-state index is -0.158. The third kappa shape index (κ3) is 2.83. The van der Waals surface area contributed by atoms with Crippen LogP contribution in [0.5, 0.6) is 0 Å². The van der Waals surface area contributed by atoms with Gasteiger partial charge in [0.1, 0.15) is 5.82 Å². The van der Waals surface area contributed by atoms with Crippen LogP contribution < -0.4 is 5.73 Å². The number of hydrogen-bond donors (Lipinski definition) is 1. The van der Waals surface area contributed by atoms with Crippen LogP contribution in [0.2, 0.25) is 0 Å². The van der Waals surface area contributed by atoms with Gasteiger partial charge in [-0.25, -0.2) is 4.39 Å². The summed E-state index contributed by atoms with van der Waals surface area (Å²) < 4.78 is 18.9. The minimum absolute atomic E-state index is 0.0917. The van der Waals surface area contributed by atoms with Crippen LogP contribution >= 0.6 is 0 Å². The van der Waals surface area contributed by atoms with Gasteiger partial charge in [-0.05, 0) is 24.1 Å². The van der Waals surface area contributed by atoms with Crippen molar-refractivity contribution in [3.05, 3.63) is 35.1 Å². The van der Waals surface area contributed by atoms with Gasteiger partial charge < -0.3 is 10.5 Å². The molecule has 1 atom stereocenters. The Hall–Kier alpha value is -0.970. The lowest BCUT2D eigenvalue weighted by atomic mass is 10.0. The Bertz CT molecular complexity index is 378. The number of hydrogen-bond acceptors (Lipinski definition) is 3. The molecule has 2 rings (SSSR count). The van der Waals surface area contributed by atoms with Crippen LogP contribution in [0.3, 0.4) is 0 Å². The molecular formula is C13H19FN2O. The Morgan fingerprint density at radius 2 is 2.12 bits per heavy atom. The lowest BCUT2D eigenvalue weighted by Gasteiger charge is -2.34. The van der Waals surface area contributed by atoms with Crippen molar-refractivity contribution < 1.29 is 9.13 Å². The molecule has 1 aliphatic rings. The molecule has 1 aromatic carbocycles. The molecule has 0 bridgehead atoms. The standard InChI is InChI=1S/C13H19FN2O/c1-10-2-3-11(8-12(10)14)13(9-15)16-4-6-17-7-5-16/h2-3,8,13H,4-7,9,15H2,1H3. The fraction of sp³-hybridized carbons (Fsp3) is 0.538. The average Bonchev–Trinajstić information content (AvgIpc) is 2.36. The van der Waals surface area contributed by atoms with Crippen molar-refractivity contribution in [2.45, 2.75) is 13.0 Å². The molecule has 0 aliphatic carbocycles. The highest BCUT2D eigenvalue weighted by Crippen LogP contribution is 2.22. The van der Waals surface area contributed by atoms with Crippen LogP contribution in [0.1, 0.15) is 17.2 Å². The van der Waals surface area contributed by atoms with Crippen LogP contribution in [0.4, 0.5) is 4.39 Å². The maximum absolute atomic E-state index is 13.6. The molecule has 0 aromatic heterocycles. The second kappa shape index (κ2) is 5.58. The molecular weight excluding hydrogens is 219 g/mol. The van der Waals surface area contributed by atoms with Gasteiger partial charge >= 0.3 is 0 Å². The molecule has 1 unspecified atom stereocenters. The van der Waals surface area contributed by atoms with Gasteiger partial charge in [-0.2, -0.15) is 0 Å². The van der Waals surface area contributed by atoms with Crippen molar-refractivity contribution in [2.75, 3.05) is 32.8 Å². The molecule has 0 spiro atoms. The lowest BCUT2D eigenvalue weighted by molar-refractivity contribution is 0.0178. The molecule has 94 valence electrons. The van der Waals surface area contributed by atoms with E-state index in [0.29, 0.717) is 12.1 Å². The molecule has 1 aliphatic heterocycles. The van der Waals surface area contributed by atoms with E-state index in [2.05, 4.69) is 4.90 Å². The van der Waals surface area contributed by atoms with Crippen molar-refractivity contribution in [3.8, 4) is 0 Å². The molecule has 1 fully saturated rings. The van der Waals surface area contributed by atoms with Crippen LogP contribution in [0, 0.1) is 12.7 Å². The second-order valence-corrected chi connectivity index (χ2v) is 4.41. The van der Waals surface area contributed by atoms with E-state index < -0.39 is 0 Å². The number of halogens is 1. The molecule has 1 heterocycles. The van der Waals surface area contributed by atoms with Gasteiger partial charge in [0.15, 0.2) is 0 Å². The Morgan fingerprint density at radius 3 is 2.71 bits per heavy atom. The third-order valence-corrected chi connectivity index (χ3v) is 3.29. The summed E-state index contributed by atoms with van der Waals surface area (Å²) in [6.45, 7) is 5.44. The summed E-state index contributed by atoms with van der Waals surface area (Å²) in [5, 5.41) is 0. The largest absolute Gasteiger partial charge is 0.379 e. The fourth-order valence-corrected chi connectivity index (χ4v) is 2.20. The highest BCUT2D eigenvalue weighted by Gasteiger charge is 2.21. The first-order valence-electron chi connectivity index (χ1n) is 6.00. The summed E-state index contributed by atoms with van der Waals surface area (Å²) in [7, 11) is 0. The SMILES string of the molecule is Cc1ccc(C(CN)N2CCOCC2)cc1F. The summed E-state index contributed by atoms with van der Waals surface area (Å²) in [6.07, 6.45) is 0. The summed E-state index contributed by atoms with van der Waals surface area (Å²) in [5.41, 5.74) is 7.45. The monoisotopic (exact) mass is 238 g/mol. The van der Waals surface area contributed by atoms with Crippen LogP contribution in [0.15, 0.2) is 18.2 Å². The Morgan fingerprint density at radius 1 is 1.41 bits per heavy atom. The van der Waals surface area contributed by atoms with Crippen LogP contribution in [0.25, 0.3) is 0 Å². The maximum atomic E-state index is 13.6. The Kier molecular flexibility index (Phi) is 4.10. The summed E-state index contributed by atoms with van der Waals surface area (Å²) >= 11 is 0. The van der Waals surface area contributed by atoms with Gasteiger partial charge in [0.25, 0.3) is 0 Å². The van der Waals surface area contributed by atoms with Crippen molar-refractivity contribution >= 4 is 0 Å². The van der Waals surface area contributed by atoms with E-state index >= 15 is 0 Å². The molecule has 17 heavy (non-hydrogen) atoms. The maximum Gasteiger partial charge on any atom is 0.126 e. The van der Waals surface area contributed by atoms with E-state index in [-0.39, 0.29) is 11.9 Å². The lowest BCUT2D eigenvalue weighted by Crippen LogP contribution is -2.41. The first kappa shape index (κ1) is 12.5. The van der Waals surface area contributed by atoms with Gasteiger partial charge in [0.05, 0.1) is 13.2 Å². The quantitative estimate of drug-likeness (QED) is 0.866. The van der Waals surface area contributed by atoms with E-state index in [1.54, 1.807) is 13.0 Å². The van der Waals surface area contributed by atoms with Gasteiger partial charge in [-0.15, -0.1) is 0 Å². The number of nitrogens with zero attached hydrogens (tertiary/aromatic N) is 1. The van der Waals surface area contributed by atoms with Gasteiger partial charge in [0.2, 0.25) is 0 Å². The zero-order chi connectivity index (χ0) is 12.3. The summed E-state index contributed by atoms with van der Waals surface area (Å²) in [5.74, 6) is -0.158. The van der Waals surface area contributed by atoms with E-state index in [4.69, 9.17) is 10.5 Å². The van der Waals surface area contributed by atoms with E-state index in [1.165, 1.54) is 0 Å². The molecule has 0 amide bonds. The summed E-state index contributed by atoms with van der Waals surface area (Å²) in [6, 6.07) is 5.47. The zero-order valence-electron chi connectivity index (χ0n) is 10.2. The summed E-state index contributed by atoms with van der Waals surface area (Å²) in [4.78, 5) is 2.26. The number of nitrogens with two attached hydrogens (primary N) is 1. The smallest absolute Gasteiger partial charge is 0.126 e. The highest BCUT2D eigenvalue weighted by molar-refractivity contribution is 5.26. The molecule has 0 radical (unpaired) electrons. The van der Waals surface area contributed by atoms with Crippen molar-refractivity contribution in [3.63, 3.8) is 0 Å². The normalized spacial score (nSPS) is 19.2. The molecule has 1 aromatic rings. The number of ether oxygens (including phenoxy) is 1. The first-order valence-corrected chi connectivity index (χ1v) is 6.00. The van der Waals surface area contributed by atoms with Crippen molar-refractivity contribution in [1.82, 2.24) is 4.90 Å². The minimum Gasteiger partial charge on any atom is -0.379 e. The zero-order valence-corrected chi connectivity index (χ0v) is 10.2. The molecule has 0 saturated carbocycles. The van der Waals surface area contributed by atoms with Crippen molar-refractivity contribution in [2.24, 2.45) is 5.73 Å². The van der Waals surface area contributed by atoms with Crippen molar-refractivity contribution in [1.29, 1.82) is 0 Å². The molecule has 4 heteroatoms. The molecule has 3 nitrogen and oxygen atoms in total. The predicted octanol–water partition coefficient (Wildman–Crippen LogP) is 1.47. The predicted molar refractivity (Wildman–Crippen MR) is 65.3 cm³/mol. The average molecular weight is 238 g/mol. The van der Waals surface area contributed by atoms with E-state index in [9.17, 15) is 4.39 Å². The van der Waals surface area contributed by atoms with Crippen LogP contribution in [-0.2, 0) is 4.74 Å². The van der Waals surface area contributed by atoms with Gasteiger partial charge in [-0.3, -0.25) is 4.90 Å². The second-order valence-electron chi connectivity index (χ2n) is 4.41. The first-order chi connectivity index (χ1) is 8.22. The third-order valence-electron chi connectivity index (χ3n) is 3.29. The molecule has 2 N–H and O–H groups in total. The Balaban J connectivity index is 2.18. The number of benzene rings is 1. The van der Waals surface area contributed by atoms with E-state index in [0.717, 1.165) is 31.9 Å². The molecule has 1 saturated heterocycles. The highest BCUT2D eigenvalue weighted by atomic mass is 19.1. The Labute approximate surface area is 101 Å². The fourth-order valence-electron chi connectivity index (χ4n) is 2.20. The van der Waals surface area contributed by atoms with Gasteiger partial charge in [-0.1, -0.05) is 12.1 Å². The van der Waals surface area contributed by atoms with Gasteiger partial charge in [0, 0.05) is 25.7 Å². The number of rotatable bonds is 3. The van der Waals surface area contributed by atoms with Crippen LogP contribution in [-0.4, -0.2) is 37.7 Å².